The van der Waals surface area contributed by atoms with Crippen LogP contribution in [0, 0.1) is 0 Å². The van der Waals surface area contributed by atoms with E-state index < -0.39 is 0 Å². The fourth-order valence-corrected chi connectivity index (χ4v) is 3.12. The number of anilines is 3. The number of halogens is 1. The Bertz CT molecular complexity index is 925. The third-order valence-electron chi connectivity index (χ3n) is 4.07. The maximum Gasteiger partial charge on any atom is 0.0468 e. The molecule has 0 bridgehead atoms. The molecule has 0 heterocycles. The Labute approximate surface area is 146 Å². The van der Waals surface area contributed by atoms with Crippen LogP contribution in [0.25, 0.3) is 10.8 Å². The quantitative estimate of drug-likeness (QED) is 0.392. The monoisotopic (exact) mass is 329 g/mol. The van der Waals surface area contributed by atoms with Gasteiger partial charge in [0, 0.05) is 22.1 Å². The molecule has 0 radical (unpaired) electrons. The van der Waals surface area contributed by atoms with E-state index in [-0.39, 0.29) is 0 Å². The highest BCUT2D eigenvalue weighted by atomic mass is 35.5. The number of nitrogens with zero attached hydrogens (tertiary/aromatic N) is 1. The van der Waals surface area contributed by atoms with Gasteiger partial charge in [0.2, 0.25) is 0 Å². The summed E-state index contributed by atoms with van der Waals surface area (Å²) in [5.41, 5.74) is 3.40. The summed E-state index contributed by atoms with van der Waals surface area (Å²) in [6.45, 7) is 0. The average molecular weight is 330 g/mol. The maximum absolute atomic E-state index is 6.10. The summed E-state index contributed by atoms with van der Waals surface area (Å²) in [6, 6.07) is 33.3. The normalized spacial score (nSPS) is 10.7. The van der Waals surface area contributed by atoms with Gasteiger partial charge in [0.25, 0.3) is 0 Å². The van der Waals surface area contributed by atoms with Crippen LogP contribution in [0.1, 0.15) is 0 Å². The lowest BCUT2D eigenvalue weighted by Gasteiger charge is -2.25. The second-order valence-corrected chi connectivity index (χ2v) is 6.12. The van der Waals surface area contributed by atoms with Crippen LogP contribution < -0.4 is 4.90 Å². The average Bonchev–Trinajstić information content (AvgIpc) is 2.64. The molecule has 0 fully saturated rings. The zero-order valence-corrected chi connectivity index (χ0v) is 13.8. The van der Waals surface area contributed by atoms with Crippen molar-refractivity contribution in [3.05, 3.63) is 102 Å². The van der Waals surface area contributed by atoms with Crippen LogP contribution in [0.2, 0.25) is 5.02 Å². The molecule has 0 saturated heterocycles. The molecule has 0 N–H and O–H groups in total. The fraction of sp³-hybridized carbons (Fsp3) is 0. The zero-order valence-electron chi connectivity index (χ0n) is 13.1. The highest BCUT2D eigenvalue weighted by Gasteiger charge is 2.12. The topological polar surface area (TPSA) is 3.24 Å². The summed E-state index contributed by atoms with van der Waals surface area (Å²) in [5.74, 6) is 0. The Morgan fingerprint density at radius 1 is 0.500 bits per heavy atom. The molecule has 0 aliphatic carbocycles. The molecule has 0 saturated carbocycles. The highest BCUT2D eigenvalue weighted by molar-refractivity contribution is 6.31. The Morgan fingerprint density at radius 3 is 1.67 bits per heavy atom. The van der Waals surface area contributed by atoms with E-state index in [9.17, 15) is 0 Å². The fourth-order valence-electron chi connectivity index (χ4n) is 2.94. The molecule has 0 amide bonds. The molecule has 0 aromatic heterocycles. The Kier molecular flexibility index (Phi) is 3.94. The van der Waals surface area contributed by atoms with Gasteiger partial charge in [-0.25, -0.2) is 0 Å². The van der Waals surface area contributed by atoms with Crippen molar-refractivity contribution in [2.45, 2.75) is 0 Å². The van der Waals surface area contributed by atoms with Gasteiger partial charge in [0.1, 0.15) is 0 Å². The van der Waals surface area contributed by atoms with E-state index in [1.165, 1.54) is 5.39 Å². The third-order valence-corrected chi connectivity index (χ3v) is 4.31. The summed E-state index contributed by atoms with van der Waals surface area (Å²) >= 11 is 6.10. The Balaban J connectivity index is 1.89. The summed E-state index contributed by atoms with van der Waals surface area (Å²) in [5, 5.41) is 3.08. The lowest BCUT2D eigenvalue weighted by atomic mass is 10.1. The minimum atomic E-state index is 0.762. The van der Waals surface area contributed by atoms with E-state index in [2.05, 4.69) is 77.7 Å². The molecule has 0 atom stereocenters. The van der Waals surface area contributed by atoms with Crippen molar-refractivity contribution < 1.29 is 0 Å². The largest absolute Gasteiger partial charge is 0.310 e. The number of benzene rings is 4. The zero-order chi connectivity index (χ0) is 16.4. The van der Waals surface area contributed by atoms with Gasteiger partial charge in [-0.15, -0.1) is 0 Å². The number of hydrogen-bond acceptors (Lipinski definition) is 1. The Hall–Kier alpha value is -2.77. The minimum Gasteiger partial charge on any atom is -0.310 e. The van der Waals surface area contributed by atoms with Crippen molar-refractivity contribution in [1.82, 2.24) is 0 Å². The van der Waals surface area contributed by atoms with Gasteiger partial charge in [-0.2, -0.15) is 0 Å². The summed E-state index contributed by atoms with van der Waals surface area (Å²) < 4.78 is 0. The first-order valence-electron chi connectivity index (χ1n) is 7.91. The number of hydrogen-bond donors (Lipinski definition) is 0. The van der Waals surface area contributed by atoms with Gasteiger partial charge in [-0.1, -0.05) is 60.1 Å². The van der Waals surface area contributed by atoms with Gasteiger partial charge >= 0.3 is 0 Å². The number of fused-ring (bicyclic) bond motifs is 1. The van der Waals surface area contributed by atoms with Crippen LogP contribution in [0.3, 0.4) is 0 Å². The minimum absolute atomic E-state index is 0.762. The van der Waals surface area contributed by atoms with Crippen molar-refractivity contribution in [2.24, 2.45) is 0 Å². The molecule has 116 valence electrons. The van der Waals surface area contributed by atoms with Crippen molar-refractivity contribution in [3.8, 4) is 0 Å². The molecule has 4 aromatic rings. The number of para-hydroxylation sites is 2. The van der Waals surface area contributed by atoms with Gasteiger partial charge in [-0.05, 0) is 59.3 Å². The maximum atomic E-state index is 6.10. The third kappa shape index (κ3) is 2.86. The molecule has 1 nitrogen and oxygen atoms in total. The lowest BCUT2D eigenvalue weighted by molar-refractivity contribution is 1.29. The van der Waals surface area contributed by atoms with E-state index in [1.807, 2.05) is 24.3 Å². The van der Waals surface area contributed by atoms with Crippen molar-refractivity contribution >= 4 is 39.4 Å². The molecule has 4 aromatic carbocycles. The van der Waals surface area contributed by atoms with Crippen LogP contribution in [0.15, 0.2) is 97.1 Å². The summed E-state index contributed by atoms with van der Waals surface area (Å²) in [6.07, 6.45) is 0. The predicted molar refractivity (Wildman–Crippen MR) is 104 cm³/mol. The molecule has 0 aliphatic heterocycles. The SMILES string of the molecule is Clc1ccc2cc(N(c3ccccc3)c3ccccc3)ccc2c1. The van der Waals surface area contributed by atoms with E-state index in [0.29, 0.717) is 0 Å². The van der Waals surface area contributed by atoms with Crippen LogP contribution in [0.4, 0.5) is 17.1 Å². The van der Waals surface area contributed by atoms with Crippen molar-refractivity contribution in [2.75, 3.05) is 4.90 Å². The molecule has 2 heteroatoms. The first-order chi connectivity index (χ1) is 11.8. The van der Waals surface area contributed by atoms with E-state index in [1.54, 1.807) is 0 Å². The predicted octanol–water partition coefficient (Wildman–Crippen LogP) is 6.96. The van der Waals surface area contributed by atoms with Crippen LogP contribution in [-0.2, 0) is 0 Å². The molecule has 0 spiro atoms. The molecule has 0 aliphatic rings. The molecular formula is C22H16ClN. The van der Waals surface area contributed by atoms with E-state index in [4.69, 9.17) is 11.6 Å². The molecular weight excluding hydrogens is 314 g/mol. The van der Waals surface area contributed by atoms with Gasteiger partial charge < -0.3 is 4.90 Å². The first kappa shape index (κ1) is 14.8. The summed E-state index contributed by atoms with van der Waals surface area (Å²) in [4.78, 5) is 2.26. The van der Waals surface area contributed by atoms with Gasteiger partial charge in [0.05, 0.1) is 0 Å². The van der Waals surface area contributed by atoms with Crippen molar-refractivity contribution in [1.29, 1.82) is 0 Å². The van der Waals surface area contributed by atoms with Crippen molar-refractivity contribution in [3.63, 3.8) is 0 Å². The van der Waals surface area contributed by atoms with E-state index in [0.717, 1.165) is 27.5 Å². The lowest BCUT2D eigenvalue weighted by Crippen LogP contribution is -2.09. The van der Waals surface area contributed by atoms with E-state index >= 15 is 0 Å². The number of rotatable bonds is 3. The molecule has 4 rings (SSSR count). The first-order valence-corrected chi connectivity index (χ1v) is 8.29. The van der Waals surface area contributed by atoms with Gasteiger partial charge in [-0.3, -0.25) is 0 Å². The van der Waals surface area contributed by atoms with Crippen LogP contribution >= 0.6 is 11.6 Å². The second-order valence-electron chi connectivity index (χ2n) is 5.68. The van der Waals surface area contributed by atoms with Crippen LogP contribution in [-0.4, -0.2) is 0 Å². The molecule has 24 heavy (non-hydrogen) atoms. The molecule has 0 unspecified atom stereocenters. The van der Waals surface area contributed by atoms with Gasteiger partial charge in [0.15, 0.2) is 0 Å². The highest BCUT2D eigenvalue weighted by Crippen LogP contribution is 2.35. The smallest absolute Gasteiger partial charge is 0.0468 e. The second kappa shape index (κ2) is 6.38. The Morgan fingerprint density at radius 2 is 1.04 bits per heavy atom. The summed E-state index contributed by atoms with van der Waals surface area (Å²) in [7, 11) is 0. The van der Waals surface area contributed by atoms with Crippen LogP contribution in [0.5, 0.6) is 0 Å². The standard InChI is InChI=1S/C22H16ClN/c23-19-13-11-18-16-22(14-12-17(18)15-19)24(20-7-3-1-4-8-20)21-9-5-2-6-10-21/h1-16H.